The Hall–Kier alpha value is -4.73. The molecule has 0 aliphatic carbocycles. The van der Waals surface area contributed by atoms with Crippen molar-refractivity contribution in [3.8, 4) is 54.7 Å². The summed E-state index contributed by atoms with van der Waals surface area (Å²) in [5.41, 5.74) is 7.93. The number of fused-ring (bicyclic) bond motifs is 1. The van der Waals surface area contributed by atoms with Crippen molar-refractivity contribution in [2.45, 2.75) is 0 Å². The minimum Gasteiger partial charge on any atom is -0.443 e. The van der Waals surface area contributed by atoms with Gasteiger partial charge in [-0.25, -0.2) is 4.98 Å². The molecule has 0 saturated heterocycles. The fourth-order valence-electron chi connectivity index (χ4n) is 5.07. The van der Waals surface area contributed by atoms with Gasteiger partial charge in [0.2, 0.25) is 5.89 Å². The molecule has 38 heavy (non-hydrogen) atoms. The topological polar surface area (TPSA) is 26.0 Å². The van der Waals surface area contributed by atoms with Crippen LogP contribution in [0.1, 0.15) is 0 Å². The highest BCUT2D eigenvalue weighted by molar-refractivity contribution is 7.21. The van der Waals surface area contributed by atoms with Gasteiger partial charge in [0.15, 0.2) is 0 Å². The third-order valence-electron chi connectivity index (χ3n) is 6.85. The van der Waals surface area contributed by atoms with E-state index in [2.05, 4.69) is 115 Å². The number of hydrogen-bond donors (Lipinski definition) is 0. The Bertz CT molecular complexity index is 1790. The van der Waals surface area contributed by atoms with Crippen LogP contribution in [-0.2, 0) is 0 Å². The number of aromatic nitrogens is 1. The average molecular weight is 506 g/mol. The van der Waals surface area contributed by atoms with Gasteiger partial charge in [-0.2, -0.15) is 0 Å². The molecule has 0 bridgehead atoms. The standard InChI is InChI=1S/C35H23NOS/c1-4-13-24(14-5-1)27-21-12-22-28(25-15-6-2-7-16-25)32(27)33-29-19-10-11-20-30(29)34(38-33)35-36-31(23-37-35)26-17-8-3-9-18-26/h1-23H. The predicted molar refractivity (Wildman–Crippen MR) is 159 cm³/mol. The van der Waals surface area contributed by atoms with Gasteiger partial charge in [-0.1, -0.05) is 133 Å². The molecule has 0 N–H and O–H groups in total. The van der Waals surface area contributed by atoms with E-state index in [9.17, 15) is 0 Å². The Morgan fingerprint density at radius 2 is 0.974 bits per heavy atom. The van der Waals surface area contributed by atoms with Crippen molar-refractivity contribution < 1.29 is 4.42 Å². The first-order chi connectivity index (χ1) is 18.9. The van der Waals surface area contributed by atoms with E-state index in [1.54, 1.807) is 17.6 Å². The molecule has 0 atom stereocenters. The van der Waals surface area contributed by atoms with E-state index in [0.29, 0.717) is 5.89 Å². The lowest BCUT2D eigenvalue weighted by molar-refractivity contribution is 0.577. The molecular weight excluding hydrogens is 482 g/mol. The summed E-state index contributed by atoms with van der Waals surface area (Å²) in [6, 6.07) is 46.6. The van der Waals surface area contributed by atoms with Gasteiger partial charge in [-0.3, -0.25) is 0 Å². The highest BCUT2D eigenvalue weighted by Crippen LogP contribution is 2.49. The number of hydrogen-bond acceptors (Lipinski definition) is 3. The van der Waals surface area contributed by atoms with Gasteiger partial charge < -0.3 is 4.42 Å². The molecule has 0 amide bonds. The SMILES string of the molecule is c1ccc(-c2coc(-c3sc(-c4c(-c5ccccc5)cccc4-c4ccccc4)c4ccccc34)n2)cc1. The smallest absolute Gasteiger partial charge is 0.237 e. The Kier molecular flexibility index (Phi) is 5.69. The van der Waals surface area contributed by atoms with Gasteiger partial charge >= 0.3 is 0 Å². The zero-order valence-electron chi connectivity index (χ0n) is 20.5. The maximum atomic E-state index is 6.09. The largest absolute Gasteiger partial charge is 0.443 e. The molecule has 180 valence electrons. The third-order valence-corrected chi connectivity index (χ3v) is 8.08. The van der Waals surface area contributed by atoms with Crippen LogP contribution in [0, 0.1) is 0 Å². The first-order valence-electron chi connectivity index (χ1n) is 12.6. The molecule has 3 heteroatoms. The van der Waals surface area contributed by atoms with E-state index < -0.39 is 0 Å². The van der Waals surface area contributed by atoms with E-state index >= 15 is 0 Å². The number of oxazole rings is 1. The first kappa shape index (κ1) is 22.5. The fraction of sp³-hybridized carbons (Fsp3) is 0. The van der Waals surface area contributed by atoms with Crippen molar-refractivity contribution in [2.24, 2.45) is 0 Å². The van der Waals surface area contributed by atoms with Crippen LogP contribution in [0.4, 0.5) is 0 Å². The van der Waals surface area contributed by atoms with E-state index in [-0.39, 0.29) is 0 Å². The summed E-state index contributed by atoms with van der Waals surface area (Å²) >= 11 is 1.75. The summed E-state index contributed by atoms with van der Waals surface area (Å²) in [7, 11) is 0. The minimum atomic E-state index is 0.648. The van der Waals surface area contributed by atoms with Crippen molar-refractivity contribution in [2.75, 3.05) is 0 Å². The zero-order valence-corrected chi connectivity index (χ0v) is 21.4. The monoisotopic (exact) mass is 505 g/mol. The summed E-state index contributed by atoms with van der Waals surface area (Å²) in [6.07, 6.45) is 1.76. The highest BCUT2D eigenvalue weighted by atomic mass is 32.1. The van der Waals surface area contributed by atoms with Crippen molar-refractivity contribution in [3.05, 3.63) is 140 Å². The van der Waals surface area contributed by atoms with Crippen molar-refractivity contribution in [3.63, 3.8) is 0 Å². The minimum absolute atomic E-state index is 0.648. The van der Waals surface area contributed by atoms with Gasteiger partial charge in [0, 0.05) is 26.8 Å². The summed E-state index contributed by atoms with van der Waals surface area (Å²) in [5.74, 6) is 0.648. The van der Waals surface area contributed by atoms with Crippen LogP contribution in [0.25, 0.3) is 65.5 Å². The molecule has 2 aromatic heterocycles. The molecular formula is C35H23NOS. The van der Waals surface area contributed by atoms with Gasteiger partial charge in [0.05, 0.1) is 4.88 Å². The molecule has 0 unspecified atom stereocenters. The molecule has 0 saturated carbocycles. The zero-order chi connectivity index (χ0) is 25.3. The van der Waals surface area contributed by atoms with Crippen LogP contribution in [0.15, 0.2) is 144 Å². The molecule has 7 aromatic rings. The molecule has 0 fully saturated rings. The van der Waals surface area contributed by atoms with Crippen molar-refractivity contribution in [1.29, 1.82) is 0 Å². The number of benzene rings is 5. The lowest BCUT2D eigenvalue weighted by Crippen LogP contribution is -1.89. The molecule has 7 rings (SSSR count). The normalized spacial score (nSPS) is 11.2. The van der Waals surface area contributed by atoms with Crippen molar-refractivity contribution >= 4 is 22.1 Å². The van der Waals surface area contributed by atoms with Gasteiger partial charge in [-0.15, -0.1) is 11.3 Å². The Morgan fingerprint density at radius 3 is 1.55 bits per heavy atom. The maximum absolute atomic E-state index is 6.09. The Balaban J connectivity index is 1.49. The number of rotatable bonds is 5. The van der Waals surface area contributed by atoms with Gasteiger partial charge in [0.1, 0.15) is 12.0 Å². The van der Waals surface area contributed by atoms with Crippen LogP contribution in [0.3, 0.4) is 0 Å². The predicted octanol–water partition coefficient (Wildman–Crippen LogP) is 10.2. The summed E-state index contributed by atoms with van der Waals surface area (Å²) in [6.45, 7) is 0. The Labute approximate surface area is 225 Å². The fourth-order valence-corrected chi connectivity index (χ4v) is 6.35. The van der Waals surface area contributed by atoms with Crippen LogP contribution in [-0.4, -0.2) is 4.98 Å². The molecule has 0 spiro atoms. The second kappa shape index (κ2) is 9.62. The summed E-state index contributed by atoms with van der Waals surface area (Å²) in [5, 5.41) is 2.35. The molecule has 0 aliphatic rings. The van der Waals surface area contributed by atoms with Crippen molar-refractivity contribution in [1.82, 2.24) is 4.98 Å². The number of thiophene rings is 1. The summed E-state index contributed by atoms with van der Waals surface area (Å²) < 4.78 is 6.09. The molecule has 2 nitrogen and oxygen atoms in total. The third kappa shape index (κ3) is 3.94. The lowest BCUT2D eigenvalue weighted by atomic mass is 9.90. The maximum Gasteiger partial charge on any atom is 0.237 e. The van der Waals surface area contributed by atoms with Crippen LogP contribution in [0.2, 0.25) is 0 Å². The van der Waals surface area contributed by atoms with E-state index in [0.717, 1.165) is 21.5 Å². The molecule has 0 aliphatic heterocycles. The van der Waals surface area contributed by atoms with E-state index in [1.807, 2.05) is 18.2 Å². The van der Waals surface area contributed by atoms with E-state index in [1.165, 1.54) is 38.1 Å². The van der Waals surface area contributed by atoms with Gasteiger partial charge in [-0.05, 0) is 22.3 Å². The average Bonchev–Trinajstić information content (AvgIpc) is 3.64. The van der Waals surface area contributed by atoms with E-state index in [4.69, 9.17) is 9.40 Å². The lowest BCUT2D eigenvalue weighted by Gasteiger charge is -2.15. The molecule has 0 radical (unpaired) electrons. The van der Waals surface area contributed by atoms with Crippen LogP contribution in [0.5, 0.6) is 0 Å². The first-order valence-corrected chi connectivity index (χ1v) is 13.5. The van der Waals surface area contributed by atoms with Crippen LogP contribution < -0.4 is 0 Å². The molecule has 2 heterocycles. The second-order valence-corrected chi connectivity index (χ2v) is 10.2. The number of nitrogens with zero attached hydrogens (tertiary/aromatic N) is 1. The molecule has 5 aromatic carbocycles. The Morgan fingerprint density at radius 1 is 0.474 bits per heavy atom. The van der Waals surface area contributed by atoms with Gasteiger partial charge in [0.25, 0.3) is 0 Å². The quantitative estimate of drug-likeness (QED) is 0.233. The second-order valence-electron chi connectivity index (χ2n) is 9.17. The summed E-state index contributed by atoms with van der Waals surface area (Å²) in [4.78, 5) is 7.17. The van der Waals surface area contributed by atoms with Crippen LogP contribution >= 0.6 is 11.3 Å². The highest BCUT2D eigenvalue weighted by Gasteiger charge is 2.22.